The van der Waals surface area contributed by atoms with Crippen LogP contribution < -0.4 is 10.6 Å². The maximum Gasteiger partial charge on any atom is 0.231 e. The van der Waals surface area contributed by atoms with Crippen LogP contribution in [-0.2, 0) is 16.6 Å². The lowest BCUT2D eigenvalue weighted by atomic mass is 9.74. The van der Waals surface area contributed by atoms with Gasteiger partial charge in [-0.15, -0.1) is 0 Å². The number of fused-ring (bicyclic) bond motifs is 2. The summed E-state index contributed by atoms with van der Waals surface area (Å²) in [6, 6.07) is 16.3. The van der Waals surface area contributed by atoms with E-state index in [1.54, 1.807) is 0 Å². The molecule has 4 nitrogen and oxygen atoms in total. The lowest BCUT2D eigenvalue weighted by Crippen LogP contribution is -2.38. The van der Waals surface area contributed by atoms with Crippen LogP contribution in [0.1, 0.15) is 41.9 Å². The summed E-state index contributed by atoms with van der Waals surface area (Å²) in [4.78, 5) is 13.0. The van der Waals surface area contributed by atoms with Gasteiger partial charge in [-0.2, -0.15) is 0 Å². The molecule has 4 heteroatoms. The number of aliphatic hydroxyl groups excluding tert-OH is 1. The molecular weight excluding hydrogens is 324 g/mol. The number of rotatable bonds is 4. The van der Waals surface area contributed by atoms with Gasteiger partial charge < -0.3 is 15.7 Å². The molecule has 1 spiro atoms. The third-order valence-electron chi connectivity index (χ3n) is 6.00. The van der Waals surface area contributed by atoms with Crippen LogP contribution in [0.25, 0.3) is 0 Å². The summed E-state index contributed by atoms with van der Waals surface area (Å²) in [5, 5.41) is 15.6. The van der Waals surface area contributed by atoms with Crippen molar-refractivity contribution >= 4 is 11.6 Å². The molecule has 1 fully saturated rings. The molecule has 0 radical (unpaired) electrons. The fraction of sp³-hybridized carbons (Fsp3) is 0.409. The summed E-state index contributed by atoms with van der Waals surface area (Å²) >= 11 is 0. The van der Waals surface area contributed by atoms with Crippen molar-refractivity contribution in [3.63, 3.8) is 0 Å². The normalized spacial score (nSPS) is 20.7. The first kappa shape index (κ1) is 17.3. The summed E-state index contributed by atoms with van der Waals surface area (Å²) < 4.78 is 0. The number of amides is 1. The molecule has 2 aliphatic rings. The van der Waals surface area contributed by atoms with Crippen LogP contribution >= 0.6 is 0 Å². The minimum Gasteiger partial charge on any atom is -0.396 e. The molecule has 4 rings (SSSR count). The van der Waals surface area contributed by atoms with E-state index in [1.807, 2.05) is 30.3 Å². The molecule has 1 saturated heterocycles. The van der Waals surface area contributed by atoms with Crippen LogP contribution in [0.3, 0.4) is 0 Å². The number of benzene rings is 2. The van der Waals surface area contributed by atoms with E-state index in [-0.39, 0.29) is 23.8 Å². The van der Waals surface area contributed by atoms with Crippen molar-refractivity contribution in [2.45, 2.75) is 37.0 Å². The summed E-state index contributed by atoms with van der Waals surface area (Å²) in [6.07, 6.45) is 3.75. The van der Waals surface area contributed by atoms with E-state index in [2.05, 4.69) is 28.8 Å². The Hall–Kier alpha value is -2.17. The molecular formula is C22H26N2O2. The van der Waals surface area contributed by atoms with Crippen LogP contribution in [0, 0.1) is 0 Å². The second-order valence-corrected chi connectivity index (χ2v) is 7.53. The molecule has 2 aromatic rings. The van der Waals surface area contributed by atoms with Crippen molar-refractivity contribution in [2.24, 2.45) is 0 Å². The highest BCUT2D eigenvalue weighted by Gasteiger charge is 2.46. The lowest BCUT2D eigenvalue weighted by molar-refractivity contribution is -0.117. The van der Waals surface area contributed by atoms with E-state index >= 15 is 0 Å². The highest BCUT2D eigenvalue weighted by Crippen LogP contribution is 2.51. The van der Waals surface area contributed by atoms with E-state index < -0.39 is 0 Å². The zero-order valence-corrected chi connectivity index (χ0v) is 15.0. The second kappa shape index (κ2) is 7.22. The van der Waals surface area contributed by atoms with E-state index in [0.29, 0.717) is 6.42 Å². The van der Waals surface area contributed by atoms with Gasteiger partial charge in [-0.05, 0) is 73.0 Å². The zero-order valence-electron chi connectivity index (χ0n) is 15.0. The fourth-order valence-corrected chi connectivity index (χ4v) is 4.62. The topological polar surface area (TPSA) is 61.4 Å². The summed E-state index contributed by atoms with van der Waals surface area (Å²) in [6.45, 7) is 2.19. The van der Waals surface area contributed by atoms with Gasteiger partial charge >= 0.3 is 0 Å². The first-order valence-electron chi connectivity index (χ1n) is 9.53. The Kier molecular flexibility index (Phi) is 4.79. The first-order valence-corrected chi connectivity index (χ1v) is 9.53. The molecule has 0 aromatic heterocycles. The summed E-state index contributed by atoms with van der Waals surface area (Å²) in [5.74, 6) is 0.00387. The Morgan fingerprint density at radius 3 is 2.58 bits per heavy atom. The van der Waals surface area contributed by atoms with E-state index in [1.165, 1.54) is 11.1 Å². The lowest BCUT2D eigenvalue weighted by Gasteiger charge is -2.35. The van der Waals surface area contributed by atoms with Gasteiger partial charge in [-0.1, -0.05) is 36.4 Å². The van der Waals surface area contributed by atoms with Crippen LogP contribution in [0.4, 0.5) is 5.69 Å². The molecule has 1 aliphatic heterocycles. The van der Waals surface area contributed by atoms with Gasteiger partial charge in [0.15, 0.2) is 0 Å². The number of nitrogens with one attached hydrogen (secondary N) is 2. The van der Waals surface area contributed by atoms with Gasteiger partial charge in [-0.25, -0.2) is 0 Å². The van der Waals surface area contributed by atoms with Crippen molar-refractivity contribution in [3.05, 3.63) is 65.2 Å². The molecule has 1 heterocycles. The number of anilines is 1. The Bertz CT molecular complexity index is 779. The molecule has 2 aromatic carbocycles. The van der Waals surface area contributed by atoms with Gasteiger partial charge in [0.25, 0.3) is 0 Å². The van der Waals surface area contributed by atoms with Crippen molar-refractivity contribution < 1.29 is 9.90 Å². The number of carbonyl (C=O) groups is 1. The number of hydrogen-bond acceptors (Lipinski definition) is 3. The highest BCUT2D eigenvalue weighted by molar-refractivity contribution is 5.97. The third kappa shape index (κ3) is 3.15. The zero-order chi connectivity index (χ0) is 18.0. The molecule has 1 unspecified atom stereocenters. The first-order chi connectivity index (χ1) is 12.7. The van der Waals surface area contributed by atoms with Crippen LogP contribution in [0.2, 0.25) is 0 Å². The third-order valence-corrected chi connectivity index (χ3v) is 6.00. The van der Waals surface area contributed by atoms with Gasteiger partial charge in [0.2, 0.25) is 5.91 Å². The van der Waals surface area contributed by atoms with Crippen molar-refractivity contribution in [1.82, 2.24) is 5.32 Å². The Balaban J connectivity index is 1.54. The molecule has 1 atom stereocenters. The predicted molar refractivity (Wildman–Crippen MR) is 103 cm³/mol. The van der Waals surface area contributed by atoms with Crippen molar-refractivity contribution in [2.75, 3.05) is 25.0 Å². The Labute approximate surface area is 154 Å². The molecule has 136 valence electrons. The molecule has 0 bridgehead atoms. The van der Waals surface area contributed by atoms with Gasteiger partial charge in [0.05, 0.1) is 5.92 Å². The van der Waals surface area contributed by atoms with Crippen molar-refractivity contribution in [1.29, 1.82) is 0 Å². The van der Waals surface area contributed by atoms with Gasteiger partial charge in [0.1, 0.15) is 0 Å². The van der Waals surface area contributed by atoms with Crippen molar-refractivity contribution in [3.8, 4) is 0 Å². The maximum atomic E-state index is 13.0. The quantitative estimate of drug-likeness (QED) is 0.794. The molecule has 3 N–H and O–H groups in total. The summed E-state index contributed by atoms with van der Waals surface area (Å²) in [7, 11) is 0. The minimum absolute atomic E-state index is 0.0820. The van der Waals surface area contributed by atoms with E-state index in [0.717, 1.165) is 43.6 Å². The van der Waals surface area contributed by atoms with Gasteiger partial charge in [0, 0.05) is 12.3 Å². The minimum atomic E-state index is -0.0820. The highest BCUT2D eigenvalue weighted by atomic mass is 16.3. The number of piperidine rings is 1. The predicted octanol–water partition coefficient (Wildman–Crippen LogP) is 2.97. The van der Waals surface area contributed by atoms with Crippen LogP contribution in [-0.4, -0.2) is 30.7 Å². The Morgan fingerprint density at radius 2 is 1.85 bits per heavy atom. The second-order valence-electron chi connectivity index (χ2n) is 7.53. The molecule has 1 aliphatic carbocycles. The standard InChI is InChI=1S/C22H26N2O2/c25-14-9-16-5-7-17(8-6-16)24-21(26)19-15-22(10-12-23-13-11-22)20-4-2-1-3-18(19)20/h1-8,19,23,25H,9-15H2,(H,24,26). The summed E-state index contributed by atoms with van der Waals surface area (Å²) in [5.41, 5.74) is 4.61. The fourth-order valence-electron chi connectivity index (χ4n) is 4.62. The molecule has 1 amide bonds. The molecule has 0 saturated carbocycles. The average Bonchev–Trinajstić information content (AvgIpc) is 2.99. The van der Waals surface area contributed by atoms with Crippen LogP contribution in [0.5, 0.6) is 0 Å². The Morgan fingerprint density at radius 1 is 1.12 bits per heavy atom. The largest absolute Gasteiger partial charge is 0.396 e. The van der Waals surface area contributed by atoms with E-state index in [9.17, 15) is 4.79 Å². The number of aliphatic hydroxyl groups is 1. The number of carbonyl (C=O) groups excluding carboxylic acids is 1. The maximum absolute atomic E-state index is 13.0. The smallest absolute Gasteiger partial charge is 0.231 e. The molecule has 26 heavy (non-hydrogen) atoms. The van der Waals surface area contributed by atoms with E-state index in [4.69, 9.17) is 5.11 Å². The average molecular weight is 350 g/mol. The number of hydrogen-bond donors (Lipinski definition) is 3. The SMILES string of the molecule is O=C(Nc1ccc(CCO)cc1)C1CC2(CCNCC2)c2ccccc21. The monoisotopic (exact) mass is 350 g/mol. The van der Waals surface area contributed by atoms with Crippen LogP contribution in [0.15, 0.2) is 48.5 Å². The van der Waals surface area contributed by atoms with Gasteiger partial charge in [-0.3, -0.25) is 4.79 Å².